The number of benzene rings is 1. The number of nitrogens with one attached hydrogen (secondary N) is 1. The van der Waals surface area contributed by atoms with Crippen LogP contribution >= 0.6 is 11.6 Å². The zero-order valence-corrected chi connectivity index (χ0v) is 14.5. The van der Waals surface area contributed by atoms with Crippen LogP contribution in [0, 0.1) is 10.1 Å². The minimum Gasteiger partial charge on any atom is -0.311 e. The Balaban J connectivity index is 2.44. The number of nitro benzene ring substituents is 1. The van der Waals surface area contributed by atoms with Crippen LogP contribution in [-0.4, -0.2) is 26.5 Å². The molecule has 0 saturated heterocycles. The van der Waals surface area contributed by atoms with Gasteiger partial charge in [-0.1, -0.05) is 20.8 Å². The standard InChI is InChI=1S/C16H19ClN4O3/c1-16(2,3)13-10-14(18-15(22)8-9-17)20(19-13)11-4-6-12(7-5-11)21(23)24/h4-7,10H,8-9H2,1-3H3,(H,18,22). The second-order valence-electron chi connectivity index (χ2n) is 6.34. The number of non-ortho nitro benzene ring substituents is 1. The van der Waals surface area contributed by atoms with Gasteiger partial charge >= 0.3 is 0 Å². The molecule has 0 spiro atoms. The van der Waals surface area contributed by atoms with E-state index in [4.69, 9.17) is 11.6 Å². The molecule has 0 saturated carbocycles. The molecule has 0 fully saturated rings. The fourth-order valence-corrected chi connectivity index (χ4v) is 2.21. The first-order valence-electron chi connectivity index (χ1n) is 7.43. The maximum Gasteiger partial charge on any atom is 0.269 e. The molecule has 0 aliphatic heterocycles. The summed E-state index contributed by atoms with van der Waals surface area (Å²) in [4.78, 5) is 22.2. The smallest absolute Gasteiger partial charge is 0.269 e. The van der Waals surface area contributed by atoms with Crippen LogP contribution in [0.5, 0.6) is 0 Å². The zero-order chi connectivity index (χ0) is 17.9. The zero-order valence-electron chi connectivity index (χ0n) is 13.7. The molecule has 8 heteroatoms. The van der Waals surface area contributed by atoms with Crippen molar-refractivity contribution in [3.8, 4) is 5.69 Å². The number of amides is 1. The molecular formula is C16H19ClN4O3. The lowest BCUT2D eigenvalue weighted by Crippen LogP contribution is -2.15. The van der Waals surface area contributed by atoms with Crippen molar-refractivity contribution in [2.75, 3.05) is 11.2 Å². The lowest BCUT2D eigenvalue weighted by atomic mass is 9.92. The summed E-state index contributed by atoms with van der Waals surface area (Å²) in [5.74, 6) is 0.515. The summed E-state index contributed by atoms with van der Waals surface area (Å²) < 4.78 is 1.57. The highest BCUT2D eigenvalue weighted by atomic mass is 35.5. The summed E-state index contributed by atoms with van der Waals surface area (Å²) in [6.07, 6.45) is 0.192. The van der Waals surface area contributed by atoms with Crippen LogP contribution < -0.4 is 5.32 Å². The molecule has 1 heterocycles. The number of nitrogens with zero attached hydrogens (tertiary/aromatic N) is 3. The number of hydrogen-bond acceptors (Lipinski definition) is 4. The van der Waals surface area contributed by atoms with Gasteiger partial charge in [-0.05, 0) is 12.1 Å². The van der Waals surface area contributed by atoms with E-state index in [1.54, 1.807) is 22.9 Å². The van der Waals surface area contributed by atoms with E-state index >= 15 is 0 Å². The molecule has 7 nitrogen and oxygen atoms in total. The molecule has 1 N–H and O–H groups in total. The van der Waals surface area contributed by atoms with Gasteiger partial charge in [0.2, 0.25) is 5.91 Å². The molecule has 1 aromatic heterocycles. The Bertz CT molecular complexity index is 748. The normalized spacial score (nSPS) is 11.3. The maximum atomic E-state index is 11.9. The summed E-state index contributed by atoms with van der Waals surface area (Å²) in [5.41, 5.74) is 1.20. The van der Waals surface area contributed by atoms with Crippen LogP contribution in [0.3, 0.4) is 0 Å². The third kappa shape index (κ3) is 4.11. The van der Waals surface area contributed by atoms with E-state index in [-0.39, 0.29) is 29.3 Å². The predicted molar refractivity (Wildman–Crippen MR) is 92.9 cm³/mol. The number of anilines is 1. The van der Waals surface area contributed by atoms with E-state index in [9.17, 15) is 14.9 Å². The third-order valence-electron chi connectivity index (χ3n) is 3.37. The quantitative estimate of drug-likeness (QED) is 0.506. The second kappa shape index (κ2) is 7.00. The van der Waals surface area contributed by atoms with Gasteiger partial charge in [-0.2, -0.15) is 5.10 Å². The average molecular weight is 351 g/mol. The van der Waals surface area contributed by atoms with Gasteiger partial charge in [0.25, 0.3) is 5.69 Å². The van der Waals surface area contributed by atoms with Crippen molar-refractivity contribution >= 4 is 29.0 Å². The van der Waals surface area contributed by atoms with E-state index in [2.05, 4.69) is 10.4 Å². The summed E-state index contributed by atoms with van der Waals surface area (Å²) in [6.45, 7) is 6.04. The first-order chi connectivity index (χ1) is 11.2. The van der Waals surface area contributed by atoms with Crippen LogP contribution in [0.1, 0.15) is 32.9 Å². The highest BCUT2D eigenvalue weighted by molar-refractivity contribution is 6.19. The molecule has 1 amide bonds. The molecule has 0 aliphatic carbocycles. The number of alkyl halides is 1. The summed E-state index contributed by atoms with van der Waals surface area (Å²) in [7, 11) is 0. The number of carbonyl (C=O) groups excluding carboxylic acids is 1. The molecule has 0 aliphatic rings. The molecule has 0 unspecified atom stereocenters. The van der Waals surface area contributed by atoms with Gasteiger partial charge in [-0.3, -0.25) is 14.9 Å². The minimum atomic E-state index is -0.462. The summed E-state index contributed by atoms with van der Waals surface area (Å²) in [6, 6.07) is 7.79. The molecule has 0 bridgehead atoms. The van der Waals surface area contributed by atoms with Gasteiger partial charge in [-0.25, -0.2) is 4.68 Å². The van der Waals surface area contributed by atoms with Crippen LogP contribution in [0.15, 0.2) is 30.3 Å². The van der Waals surface area contributed by atoms with Crippen LogP contribution in [-0.2, 0) is 10.2 Å². The van der Waals surface area contributed by atoms with Crippen molar-refractivity contribution in [3.05, 3.63) is 46.1 Å². The molecule has 2 rings (SSSR count). The first kappa shape index (κ1) is 17.9. The Morgan fingerprint density at radius 1 is 1.33 bits per heavy atom. The molecule has 24 heavy (non-hydrogen) atoms. The Morgan fingerprint density at radius 2 is 1.96 bits per heavy atom. The van der Waals surface area contributed by atoms with Gasteiger partial charge in [-0.15, -0.1) is 11.6 Å². The van der Waals surface area contributed by atoms with Gasteiger partial charge < -0.3 is 5.32 Å². The van der Waals surface area contributed by atoms with E-state index < -0.39 is 4.92 Å². The number of hydrogen-bond donors (Lipinski definition) is 1. The summed E-state index contributed by atoms with van der Waals surface area (Å²) >= 11 is 5.60. The number of halogens is 1. The van der Waals surface area contributed by atoms with Gasteiger partial charge in [0, 0.05) is 35.9 Å². The SMILES string of the molecule is CC(C)(C)c1cc(NC(=O)CCCl)n(-c2ccc([N+](=O)[O-])cc2)n1. The molecule has 0 radical (unpaired) electrons. The van der Waals surface area contributed by atoms with Gasteiger partial charge in [0.05, 0.1) is 16.3 Å². The highest BCUT2D eigenvalue weighted by Crippen LogP contribution is 2.27. The van der Waals surface area contributed by atoms with Crippen molar-refractivity contribution in [2.24, 2.45) is 0 Å². The Morgan fingerprint density at radius 3 is 2.46 bits per heavy atom. The number of nitro groups is 1. The topological polar surface area (TPSA) is 90.1 Å². The van der Waals surface area contributed by atoms with E-state index in [0.717, 1.165) is 5.69 Å². The first-order valence-corrected chi connectivity index (χ1v) is 7.97. The van der Waals surface area contributed by atoms with Crippen LogP contribution in [0.4, 0.5) is 11.5 Å². The van der Waals surface area contributed by atoms with Crippen molar-refractivity contribution < 1.29 is 9.72 Å². The second-order valence-corrected chi connectivity index (χ2v) is 6.72. The number of aromatic nitrogens is 2. The molecule has 0 atom stereocenters. The number of carbonyl (C=O) groups is 1. The van der Waals surface area contributed by atoms with Crippen molar-refractivity contribution in [1.82, 2.24) is 9.78 Å². The maximum absolute atomic E-state index is 11.9. The van der Waals surface area contributed by atoms with Crippen molar-refractivity contribution in [1.29, 1.82) is 0 Å². The Kier molecular flexibility index (Phi) is 5.23. The fraction of sp³-hybridized carbons (Fsp3) is 0.375. The molecule has 2 aromatic rings. The monoisotopic (exact) mass is 350 g/mol. The largest absolute Gasteiger partial charge is 0.311 e. The Labute approximate surface area is 144 Å². The van der Waals surface area contributed by atoms with Crippen LogP contribution in [0.2, 0.25) is 0 Å². The minimum absolute atomic E-state index is 0.00493. The van der Waals surface area contributed by atoms with Gasteiger partial charge in [0.15, 0.2) is 0 Å². The van der Waals surface area contributed by atoms with Crippen molar-refractivity contribution in [2.45, 2.75) is 32.6 Å². The Hall–Kier alpha value is -2.41. The summed E-state index contributed by atoms with van der Waals surface area (Å²) in [5, 5.41) is 18.1. The fourth-order valence-electron chi connectivity index (χ4n) is 2.04. The lowest BCUT2D eigenvalue weighted by molar-refractivity contribution is -0.384. The molecule has 1 aromatic carbocycles. The predicted octanol–water partition coefficient (Wildman–Crippen LogP) is 3.65. The highest BCUT2D eigenvalue weighted by Gasteiger charge is 2.21. The third-order valence-corrected chi connectivity index (χ3v) is 3.56. The molecule has 128 valence electrons. The molecular weight excluding hydrogens is 332 g/mol. The average Bonchev–Trinajstić information content (AvgIpc) is 2.91. The van der Waals surface area contributed by atoms with E-state index in [1.807, 2.05) is 20.8 Å². The lowest BCUT2D eigenvalue weighted by Gasteiger charge is -2.14. The van der Waals surface area contributed by atoms with Gasteiger partial charge in [0.1, 0.15) is 5.82 Å². The van der Waals surface area contributed by atoms with Crippen LogP contribution in [0.25, 0.3) is 5.69 Å². The number of rotatable bonds is 5. The van der Waals surface area contributed by atoms with Crippen molar-refractivity contribution in [3.63, 3.8) is 0 Å². The van der Waals surface area contributed by atoms with E-state index in [0.29, 0.717) is 11.5 Å². The van der Waals surface area contributed by atoms with E-state index in [1.165, 1.54) is 12.1 Å².